The largest absolute Gasteiger partial charge is 0.480 e. The number of nitrogens with zero attached hydrogens (tertiary/aromatic N) is 3. The monoisotopic (exact) mass is 492 g/mol. The Kier molecular flexibility index (Phi) is 8.91. The number of hydrogen-bond acceptors (Lipinski definition) is 10. The van der Waals surface area contributed by atoms with Crippen molar-refractivity contribution in [1.82, 2.24) is 9.97 Å². The van der Waals surface area contributed by atoms with Gasteiger partial charge in [-0.05, 0) is 31.4 Å². The molecule has 0 radical (unpaired) electrons. The lowest BCUT2D eigenvalue weighted by molar-refractivity contribution is -0.110. The van der Waals surface area contributed by atoms with Crippen molar-refractivity contribution < 1.29 is 32.6 Å². The Balaban J connectivity index is 1.81. The molecule has 2 atom stereocenters. The van der Waals surface area contributed by atoms with Crippen LogP contribution < -0.4 is 10.1 Å². The second-order valence-electron chi connectivity index (χ2n) is 7.72. The van der Waals surface area contributed by atoms with Crippen LogP contribution in [-0.2, 0) is 24.2 Å². The van der Waals surface area contributed by atoms with Gasteiger partial charge in [-0.15, -0.1) is 0 Å². The molecule has 1 fully saturated rings. The number of aliphatic hydroxyl groups excluding tert-OH is 1. The van der Waals surface area contributed by atoms with Gasteiger partial charge in [-0.3, -0.25) is 4.79 Å². The number of carbonyl (C=O) groups excluding carboxylic acids is 1. The van der Waals surface area contributed by atoms with Gasteiger partial charge in [0.15, 0.2) is 21.4 Å². The van der Waals surface area contributed by atoms with E-state index in [2.05, 4.69) is 20.4 Å². The van der Waals surface area contributed by atoms with Gasteiger partial charge in [-0.25, -0.2) is 18.4 Å². The van der Waals surface area contributed by atoms with Gasteiger partial charge < -0.3 is 24.7 Å². The summed E-state index contributed by atoms with van der Waals surface area (Å²) < 4.78 is 34.9. The summed E-state index contributed by atoms with van der Waals surface area (Å²) >= 11 is 0. The number of aliphatic hydroxyl groups is 1. The number of aromatic nitrogens is 2. The summed E-state index contributed by atoms with van der Waals surface area (Å²) in [6.45, 7) is 0.343. The van der Waals surface area contributed by atoms with Crippen molar-refractivity contribution in [3.8, 4) is 5.88 Å². The fourth-order valence-corrected chi connectivity index (χ4v) is 4.64. The van der Waals surface area contributed by atoms with Crippen molar-refractivity contribution in [3.63, 3.8) is 0 Å². The van der Waals surface area contributed by atoms with Crippen LogP contribution in [0.1, 0.15) is 31.2 Å². The second kappa shape index (κ2) is 11.9. The lowest BCUT2D eigenvalue weighted by Gasteiger charge is -2.12. The SMILES string of the molecule is COCCCS(=O)(=O)c1ccc(/C(=N\O[C@@H]2CC[C@@H](O)C2)C(=O)Nc2cnc(OC)cn2)cc1. The van der Waals surface area contributed by atoms with Crippen LogP contribution in [0.15, 0.2) is 46.7 Å². The van der Waals surface area contributed by atoms with E-state index in [1.54, 1.807) is 0 Å². The highest BCUT2D eigenvalue weighted by Gasteiger charge is 2.26. The molecule has 0 spiro atoms. The lowest BCUT2D eigenvalue weighted by atomic mass is 10.1. The van der Waals surface area contributed by atoms with Crippen LogP contribution in [0.4, 0.5) is 5.82 Å². The van der Waals surface area contributed by atoms with E-state index < -0.39 is 21.8 Å². The minimum atomic E-state index is -3.49. The Morgan fingerprint density at radius 3 is 2.53 bits per heavy atom. The zero-order valence-corrected chi connectivity index (χ0v) is 19.8. The third kappa shape index (κ3) is 6.95. The molecule has 1 aliphatic rings. The molecule has 0 bridgehead atoms. The average Bonchev–Trinajstić information content (AvgIpc) is 3.25. The number of carbonyl (C=O) groups is 1. The number of rotatable bonds is 11. The van der Waals surface area contributed by atoms with Gasteiger partial charge in [0.05, 0.1) is 36.3 Å². The Hall–Kier alpha value is -3.09. The summed E-state index contributed by atoms with van der Waals surface area (Å²) in [4.78, 5) is 26.7. The number of methoxy groups -OCH3 is 2. The number of hydrogen-bond donors (Lipinski definition) is 2. The predicted molar refractivity (Wildman–Crippen MR) is 123 cm³/mol. The highest BCUT2D eigenvalue weighted by atomic mass is 32.2. The first-order valence-electron chi connectivity index (χ1n) is 10.7. The molecule has 12 heteroatoms. The number of benzene rings is 1. The van der Waals surface area contributed by atoms with Gasteiger partial charge in [-0.1, -0.05) is 17.3 Å². The van der Waals surface area contributed by atoms with Crippen LogP contribution in [0.5, 0.6) is 5.88 Å². The Bertz CT molecular complexity index is 1090. The van der Waals surface area contributed by atoms with Gasteiger partial charge >= 0.3 is 0 Å². The van der Waals surface area contributed by atoms with Crippen molar-refractivity contribution in [2.45, 2.75) is 42.8 Å². The summed E-state index contributed by atoms with van der Waals surface area (Å²) in [7, 11) is -0.528. The Labute approximate surface area is 198 Å². The average molecular weight is 493 g/mol. The molecule has 184 valence electrons. The molecule has 1 aromatic heterocycles. The molecule has 0 aliphatic heterocycles. The van der Waals surface area contributed by atoms with E-state index in [1.165, 1.54) is 50.9 Å². The minimum absolute atomic E-state index is 0.0507. The fourth-order valence-electron chi connectivity index (χ4n) is 3.36. The van der Waals surface area contributed by atoms with E-state index in [0.717, 1.165) is 0 Å². The maximum Gasteiger partial charge on any atom is 0.279 e. The van der Waals surface area contributed by atoms with Crippen LogP contribution in [0.25, 0.3) is 0 Å². The highest BCUT2D eigenvalue weighted by Crippen LogP contribution is 2.22. The number of oxime groups is 1. The summed E-state index contributed by atoms with van der Waals surface area (Å²) in [6.07, 6.45) is 3.90. The van der Waals surface area contributed by atoms with Crippen molar-refractivity contribution in [1.29, 1.82) is 0 Å². The third-order valence-corrected chi connectivity index (χ3v) is 7.01. The molecule has 0 saturated heterocycles. The zero-order valence-electron chi connectivity index (χ0n) is 19.0. The zero-order chi connectivity index (χ0) is 24.6. The predicted octanol–water partition coefficient (Wildman–Crippen LogP) is 1.57. The van der Waals surface area contributed by atoms with Gasteiger partial charge in [0.1, 0.15) is 6.10 Å². The molecule has 1 saturated carbocycles. The lowest BCUT2D eigenvalue weighted by Crippen LogP contribution is -2.25. The fraction of sp³-hybridized carbons (Fsp3) is 0.455. The van der Waals surface area contributed by atoms with E-state index in [-0.39, 0.29) is 34.2 Å². The molecular formula is C22H28N4O7S. The summed E-state index contributed by atoms with van der Waals surface area (Å²) in [5.74, 6) is -0.205. The normalized spacial score (nSPS) is 18.5. The molecule has 1 amide bonds. The second-order valence-corrected chi connectivity index (χ2v) is 9.83. The van der Waals surface area contributed by atoms with Crippen LogP contribution in [-0.4, -0.2) is 73.9 Å². The van der Waals surface area contributed by atoms with E-state index >= 15 is 0 Å². The van der Waals surface area contributed by atoms with Gasteiger partial charge in [0, 0.05) is 25.7 Å². The molecule has 34 heavy (non-hydrogen) atoms. The van der Waals surface area contributed by atoms with Crippen molar-refractivity contribution in [2.24, 2.45) is 5.16 Å². The van der Waals surface area contributed by atoms with E-state index in [4.69, 9.17) is 14.3 Å². The third-order valence-electron chi connectivity index (χ3n) is 5.19. The maximum absolute atomic E-state index is 13.0. The molecule has 2 N–H and O–H groups in total. The maximum atomic E-state index is 13.0. The number of sulfone groups is 1. The summed E-state index contributed by atoms with van der Waals surface area (Å²) in [6, 6.07) is 5.84. The molecule has 1 aliphatic carbocycles. The van der Waals surface area contributed by atoms with Crippen LogP contribution >= 0.6 is 0 Å². The molecule has 0 unspecified atom stereocenters. The molecule has 1 aromatic carbocycles. The number of nitrogens with one attached hydrogen (secondary N) is 1. The van der Waals surface area contributed by atoms with Crippen molar-refractivity contribution in [2.75, 3.05) is 31.9 Å². The minimum Gasteiger partial charge on any atom is -0.480 e. The Morgan fingerprint density at radius 1 is 1.18 bits per heavy atom. The molecule has 1 heterocycles. The van der Waals surface area contributed by atoms with Gasteiger partial charge in [0.2, 0.25) is 5.88 Å². The van der Waals surface area contributed by atoms with E-state index in [9.17, 15) is 18.3 Å². The first-order chi connectivity index (χ1) is 16.3. The van der Waals surface area contributed by atoms with Crippen molar-refractivity contribution in [3.05, 3.63) is 42.2 Å². The van der Waals surface area contributed by atoms with Crippen molar-refractivity contribution >= 4 is 27.3 Å². The topological polar surface area (TPSA) is 149 Å². The van der Waals surface area contributed by atoms with Gasteiger partial charge in [-0.2, -0.15) is 0 Å². The van der Waals surface area contributed by atoms with E-state index in [1.807, 2.05) is 0 Å². The Morgan fingerprint density at radius 2 is 1.94 bits per heavy atom. The van der Waals surface area contributed by atoms with Crippen LogP contribution in [0, 0.1) is 0 Å². The first kappa shape index (κ1) is 25.5. The smallest absolute Gasteiger partial charge is 0.279 e. The van der Waals surface area contributed by atoms with Crippen LogP contribution in [0.2, 0.25) is 0 Å². The molecule has 2 aromatic rings. The quantitative estimate of drug-likeness (QED) is 0.271. The summed E-state index contributed by atoms with van der Waals surface area (Å²) in [5, 5.41) is 16.4. The van der Waals surface area contributed by atoms with Gasteiger partial charge in [0.25, 0.3) is 5.91 Å². The number of ether oxygens (including phenoxy) is 2. The number of anilines is 1. The van der Waals surface area contributed by atoms with E-state index in [0.29, 0.717) is 37.9 Å². The number of amides is 1. The summed E-state index contributed by atoms with van der Waals surface area (Å²) in [5.41, 5.74) is 0.288. The first-order valence-corrected chi connectivity index (χ1v) is 12.4. The highest BCUT2D eigenvalue weighted by molar-refractivity contribution is 7.91. The van der Waals surface area contributed by atoms with Crippen LogP contribution in [0.3, 0.4) is 0 Å². The molecular weight excluding hydrogens is 464 g/mol. The molecule has 11 nitrogen and oxygen atoms in total. The standard InChI is InChI=1S/C22H28N4O7S/c1-31-10-3-11-34(29,30)18-8-4-15(5-9-18)21(26-33-17-7-6-16(27)12-17)22(28)25-19-13-24-20(32-2)14-23-19/h4-5,8-9,13-14,16-17,27H,3,6-7,10-12H2,1-2H3,(H,23,25,28)/b26-21+/t16-,17-/m1/s1. The molecule has 3 rings (SSSR count).